The number of nitrogens with one attached hydrogen (secondary N) is 1. The molecule has 0 unspecified atom stereocenters. The number of carbonyl (C=O) groups excluding carboxylic acids is 1. The smallest absolute Gasteiger partial charge is 0.288 e. The van der Waals surface area contributed by atoms with Crippen LogP contribution < -0.4 is 5.32 Å². The third-order valence-corrected chi connectivity index (χ3v) is 3.86. The number of hydrogen-bond donors (Lipinski definition) is 1. The lowest BCUT2D eigenvalue weighted by Gasteiger charge is -2.11. The fourth-order valence-electron chi connectivity index (χ4n) is 1.63. The molecule has 0 spiro atoms. The summed E-state index contributed by atoms with van der Waals surface area (Å²) in [7, 11) is 0. The van der Waals surface area contributed by atoms with Crippen molar-refractivity contribution in [2.45, 2.75) is 10.7 Å². The Kier molecular flexibility index (Phi) is 5.45. The summed E-state index contributed by atoms with van der Waals surface area (Å²) in [5, 5.41) is 3.17. The third kappa shape index (κ3) is 4.33. The Labute approximate surface area is 134 Å². The Hall–Kier alpha value is -1.30. The molecule has 1 N–H and O–H groups in total. The second-order valence-electron chi connectivity index (χ2n) is 3.95. The van der Waals surface area contributed by atoms with Crippen LogP contribution in [0.25, 0.3) is 0 Å². The van der Waals surface area contributed by atoms with Crippen molar-refractivity contribution in [1.29, 1.82) is 0 Å². The highest BCUT2D eigenvalue weighted by atomic mass is 35.5. The number of carbonyl (C=O) groups is 1. The number of rotatable bonds is 4. The van der Waals surface area contributed by atoms with Crippen LogP contribution >= 0.6 is 35.0 Å². The molecule has 0 atom stereocenters. The van der Waals surface area contributed by atoms with Crippen molar-refractivity contribution in [3.63, 3.8) is 0 Å². The van der Waals surface area contributed by atoms with Crippen LogP contribution in [0, 0.1) is 0 Å². The zero-order chi connectivity index (χ0) is 15.4. The minimum Gasteiger partial charge on any atom is -0.321 e. The zero-order valence-corrected chi connectivity index (χ0v) is 12.8. The molecule has 2 aromatic rings. The summed E-state index contributed by atoms with van der Waals surface area (Å²) >= 11 is 12.1. The molecule has 7 heteroatoms. The molecular weight excluding hydrogens is 339 g/mol. The molecule has 0 heterocycles. The van der Waals surface area contributed by atoms with E-state index in [-0.39, 0.29) is 15.5 Å². The average molecular weight is 348 g/mol. The van der Waals surface area contributed by atoms with E-state index in [0.29, 0.717) is 22.5 Å². The van der Waals surface area contributed by atoms with Crippen LogP contribution in [0.2, 0.25) is 10.0 Å². The van der Waals surface area contributed by atoms with Crippen LogP contribution in [-0.2, 0) is 0 Å². The summed E-state index contributed by atoms with van der Waals surface area (Å²) in [6, 6.07) is 10.8. The quantitative estimate of drug-likeness (QED) is 0.733. The summed E-state index contributed by atoms with van der Waals surface area (Å²) < 4.78 is 25.0. The molecule has 2 aromatic carbocycles. The van der Waals surface area contributed by atoms with Crippen molar-refractivity contribution < 1.29 is 13.6 Å². The van der Waals surface area contributed by atoms with E-state index in [1.165, 1.54) is 24.3 Å². The van der Waals surface area contributed by atoms with Gasteiger partial charge in [0.25, 0.3) is 11.7 Å². The van der Waals surface area contributed by atoms with E-state index in [1.807, 2.05) is 0 Å². The normalized spacial score (nSPS) is 10.7. The van der Waals surface area contributed by atoms with Gasteiger partial charge in [0, 0.05) is 9.92 Å². The average Bonchev–Trinajstić information content (AvgIpc) is 2.40. The van der Waals surface area contributed by atoms with E-state index >= 15 is 0 Å². The second kappa shape index (κ2) is 7.11. The number of hydrogen-bond acceptors (Lipinski definition) is 2. The van der Waals surface area contributed by atoms with Gasteiger partial charge in [-0.3, -0.25) is 4.79 Å². The SMILES string of the molecule is O=C(Nc1ccccc1SC(F)F)c1ccc(Cl)cc1Cl. The number of benzene rings is 2. The van der Waals surface area contributed by atoms with Gasteiger partial charge in [-0.1, -0.05) is 47.1 Å². The molecule has 0 aliphatic rings. The molecule has 0 radical (unpaired) electrons. The fourth-order valence-corrected chi connectivity index (χ4v) is 2.72. The van der Waals surface area contributed by atoms with Crippen molar-refractivity contribution in [3.05, 3.63) is 58.1 Å². The summed E-state index contributed by atoms with van der Waals surface area (Å²) in [4.78, 5) is 12.4. The van der Waals surface area contributed by atoms with Gasteiger partial charge in [0.15, 0.2) is 0 Å². The van der Waals surface area contributed by atoms with E-state index in [4.69, 9.17) is 23.2 Å². The van der Waals surface area contributed by atoms with E-state index in [9.17, 15) is 13.6 Å². The highest BCUT2D eigenvalue weighted by Gasteiger charge is 2.14. The lowest BCUT2D eigenvalue weighted by Crippen LogP contribution is -2.13. The van der Waals surface area contributed by atoms with Gasteiger partial charge in [0.2, 0.25) is 0 Å². The predicted molar refractivity (Wildman–Crippen MR) is 82.7 cm³/mol. The van der Waals surface area contributed by atoms with Crippen molar-refractivity contribution in [3.8, 4) is 0 Å². The molecule has 2 rings (SSSR count). The number of thioether (sulfide) groups is 1. The molecule has 110 valence electrons. The maximum Gasteiger partial charge on any atom is 0.288 e. The van der Waals surface area contributed by atoms with E-state index in [0.717, 1.165) is 0 Å². The molecule has 0 aliphatic carbocycles. The van der Waals surface area contributed by atoms with Gasteiger partial charge in [0.1, 0.15) is 0 Å². The maximum atomic E-state index is 12.5. The molecule has 0 aromatic heterocycles. The van der Waals surface area contributed by atoms with E-state index in [1.54, 1.807) is 18.2 Å². The summed E-state index contributed by atoms with van der Waals surface area (Å²) in [6.45, 7) is 0. The maximum absolute atomic E-state index is 12.5. The summed E-state index contributed by atoms with van der Waals surface area (Å²) in [5.41, 5.74) is 0.525. The topological polar surface area (TPSA) is 29.1 Å². The first-order valence-electron chi connectivity index (χ1n) is 5.77. The Morgan fingerprint density at radius 1 is 1.14 bits per heavy atom. The molecule has 0 bridgehead atoms. The second-order valence-corrected chi connectivity index (χ2v) is 5.83. The summed E-state index contributed by atoms with van der Waals surface area (Å²) in [6.07, 6.45) is 0. The molecule has 1 amide bonds. The fraction of sp³-hybridized carbons (Fsp3) is 0.0714. The monoisotopic (exact) mass is 347 g/mol. The van der Waals surface area contributed by atoms with Crippen LogP contribution in [0.3, 0.4) is 0 Å². The zero-order valence-electron chi connectivity index (χ0n) is 10.4. The van der Waals surface area contributed by atoms with Gasteiger partial charge in [-0.2, -0.15) is 8.78 Å². The molecule has 0 aliphatic heterocycles. The Morgan fingerprint density at radius 3 is 2.52 bits per heavy atom. The number of para-hydroxylation sites is 1. The standard InChI is InChI=1S/C14H9Cl2F2NOS/c15-8-5-6-9(10(16)7-8)13(20)19-11-3-1-2-4-12(11)21-14(17)18/h1-7,14H,(H,19,20). The van der Waals surface area contributed by atoms with Crippen LogP contribution in [0.5, 0.6) is 0 Å². The van der Waals surface area contributed by atoms with E-state index in [2.05, 4.69) is 5.32 Å². The van der Waals surface area contributed by atoms with Gasteiger partial charge >= 0.3 is 0 Å². The van der Waals surface area contributed by atoms with E-state index < -0.39 is 11.7 Å². The first-order chi connectivity index (χ1) is 9.97. The molecular formula is C14H9Cl2F2NOS. The predicted octanol–water partition coefficient (Wildman–Crippen LogP) is 5.56. The summed E-state index contributed by atoms with van der Waals surface area (Å²) in [5.74, 6) is -3.05. The molecule has 0 fully saturated rings. The van der Waals surface area contributed by atoms with Gasteiger partial charge in [-0.05, 0) is 30.3 Å². The van der Waals surface area contributed by atoms with Gasteiger partial charge in [0.05, 0.1) is 16.3 Å². The lowest BCUT2D eigenvalue weighted by atomic mass is 10.2. The molecule has 0 saturated heterocycles. The Morgan fingerprint density at radius 2 is 1.86 bits per heavy atom. The Bertz CT molecular complexity index is 667. The largest absolute Gasteiger partial charge is 0.321 e. The van der Waals surface area contributed by atoms with Crippen molar-refractivity contribution in [2.75, 3.05) is 5.32 Å². The lowest BCUT2D eigenvalue weighted by molar-refractivity contribution is 0.102. The molecule has 2 nitrogen and oxygen atoms in total. The van der Waals surface area contributed by atoms with Gasteiger partial charge in [-0.25, -0.2) is 0 Å². The number of amides is 1. The van der Waals surface area contributed by atoms with Gasteiger partial charge in [-0.15, -0.1) is 0 Å². The minimum absolute atomic E-state index is 0.194. The highest BCUT2D eigenvalue weighted by Crippen LogP contribution is 2.32. The van der Waals surface area contributed by atoms with Crippen LogP contribution in [0.1, 0.15) is 10.4 Å². The first kappa shape index (κ1) is 16.1. The van der Waals surface area contributed by atoms with Gasteiger partial charge < -0.3 is 5.32 Å². The van der Waals surface area contributed by atoms with Crippen molar-refractivity contribution in [1.82, 2.24) is 0 Å². The number of anilines is 1. The van der Waals surface area contributed by atoms with Crippen molar-refractivity contribution in [2.24, 2.45) is 0 Å². The molecule has 21 heavy (non-hydrogen) atoms. The number of alkyl halides is 2. The van der Waals surface area contributed by atoms with Crippen LogP contribution in [-0.4, -0.2) is 11.7 Å². The van der Waals surface area contributed by atoms with Crippen molar-refractivity contribution >= 4 is 46.6 Å². The van der Waals surface area contributed by atoms with Crippen LogP contribution in [0.15, 0.2) is 47.4 Å². The highest BCUT2D eigenvalue weighted by molar-refractivity contribution is 7.99. The first-order valence-corrected chi connectivity index (χ1v) is 7.41. The molecule has 0 saturated carbocycles. The number of halogens is 4. The minimum atomic E-state index is -2.57. The Balaban J connectivity index is 2.23. The third-order valence-electron chi connectivity index (χ3n) is 2.53. The van der Waals surface area contributed by atoms with Crippen LogP contribution in [0.4, 0.5) is 14.5 Å².